The maximum atomic E-state index is 12.2. The Hall–Kier alpha value is -1.56. The first kappa shape index (κ1) is 16.8. The molecule has 0 saturated heterocycles. The van der Waals surface area contributed by atoms with Crippen molar-refractivity contribution in [1.82, 2.24) is 0 Å². The van der Waals surface area contributed by atoms with Crippen LogP contribution in [-0.4, -0.2) is 26.4 Å². The van der Waals surface area contributed by atoms with Crippen molar-refractivity contribution in [3.63, 3.8) is 0 Å². The zero-order valence-electron chi connectivity index (χ0n) is 12.1. The first-order chi connectivity index (χ1) is 10.4. The van der Waals surface area contributed by atoms with Gasteiger partial charge in [-0.3, -0.25) is 0 Å². The topological polar surface area (TPSA) is 63.6 Å². The standard InChI is InChI=1S/C16H17ClO4S/c1-21-16-8-7-12(9-14(16)17)10-22(19,20)11-15(18)13-5-3-2-4-6-13/h2-9,15,18H,10-11H2,1H3/t15-/m0/s1. The highest BCUT2D eigenvalue weighted by molar-refractivity contribution is 7.90. The highest BCUT2D eigenvalue weighted by Gasteiger charge is 2.19. The highest BCUT2D eigenvalue weighted by Crippen LogP contribution is 2.26. The SMILES string of the molecule is COc1ccc(CS(=O)(=O)C[C@H](O)c2ccccc2)cc1Cl. The van der Waals surface area contributed by atoms with Crippen LogP contribution in [0, 0.1) is 0 Å². The molecule has 0 aliphatic heterocycles. The quantitative estimate of drug-likeness (QED) is 0.878. The molecule has 0 saturated carbocycles. The molecular weight excluding hydrogens is 324 g/mol. The molecule has 0 amide bonds. The predicted octanol–water partition coefficient (Wildman–Crippen LogP) is 3.00. The second-order valence-electron chi connectivity index (χ2n) is 4.95. The molecule has 2 aromatic carbocycles. The molecule has 0 heterocycles. The van der Waals surface area contributed by atoms with Crippen LogP contribution in [0.1, 0.15) is 17.2 Å². The summed E-state index contributed by atoms with van der Waals surface area (Å²) in [6.45, 7) is 0. The van der Waals surface area contributed by atoms with E-state index < -0.39 is 15.9 Å². The van der Waals surface area contributed by atoms with E-state index in [-0.39, 0.29) is 11.5 Å². The van der Waals surface area contributed by atoms with Crippen LogP contribution in [0.15, 0.2) is 48.5 Å². The number of aliphatic hydroxyl groups excluding tert-OH is 1. The van der Waals surface area contributed by atoms with E-state index in [0.29, 0.717) is 21.9 Å². The van der Waals surface area contributed by atoms with Crippen LogP contribution >= 0.6 is 11.6 Å². The summed E-state index contributed by atoms with van der Waals surface area (Å²) >= 11 is 5.99. The van der Waals surface area contributed by atoms with Crippen LogP contribution < -0.4 is 4.74 Å². The molecule has 0 aromatic heterocycles. The van der Waals surface area contributed by atoms with Gasteiger partial charge < -0.3 is 9.84 Å². The molecule has 0 unspecified atom stereocenters. The predicted molar refractivity (Wildman–Crippen MR) is 86.9 cm³/mol. The van der Waals surface area contributed by atoms with Crippen molar-refractivity contribution in [2.45, 2.75) is 11.9 Å². The summed E-state index contributed by atoms with van der Waals surface area (Å²) in [5, 5.41) is 10.4. The van der Waals surface area contributed by atoms with Crippen LogP contribution in [0.25, 0.3) is 0 Å². The Labute approximate surface area is 135 Å². The number of halogens is 1. The van der Waals surface area contributed by atoms with E-state index in [1.807, 2.05) is 6.07 Å². The van der Waals surface area contributed by atoms with Crippen molar-refractivity contribution in [3.8, 4) is 5.75 Å². The average Bonchev–Trinajstić information content (AvgIpc) is 2.47. The van der Waals surface area contributed by atoms with Gasteiger partial charge in [0.2, 0.25) is 0 Å². The maximum Gasteiger partial charge on any atom is 0.157 e. The average molecular weight is 341 g/mol. The summed E-state index contributed by atoms with van der Waals surface area (Å²) < 4.78 is 29.5. The summed E-state index contributed by atoms with van der Waals surface area (Å²) in [5.41, 5.74) is 1.14. The molecule has 2 rings (SSSR count). The fourth-order valence-electron chi connectivity index (χ4n) is 2.12. The van der Waals surface area contributed by atoms with Gasteiger partial charge in [-0.1, -0.05) is 48.0 Å². The smallest absolute Gasteiger partial charge is 0.157 e. The normalized spacial score (nSPS) is 12.9. The molecule has 1 atom stereocenters. The number of benzene rings is 2. The van der Waals surface area contributed by atoms with Crippen molar-refractivity contribution < 1.29 is 18.3 Å². The molecule has 22 heavy (non-hydrogen) atoms. The monoisotopic (exact) mass is 340 g/mol. The van der Waals surface area contributed by atoms with Gasteiger partial charge in [0.1, 0.15) is 5.75 Å². The summed E-state index contributed by atoms with van der Waals surface area (Å²) in [5.74, 6) is -0.0199. The van der Waals surface area contributed by atoms with Gasteiger partial charge in [-0.05, 0) is 23.3 Å². The van der Waals surface area contributed by atoms with E-state index in [4.69, 9.17) is 16.3 Å². The Balaban J connectivity index is 2.09. The zero-order chi connectivity index (χ0) is 16.2. The fourth-order valence-corrected chi connectivity index (χ4v) is 3.88. The third-order valence-electron chi connectivity index (χ3n) is 3.20. The van der Waals surface area contributed by atoms with E-state index in [1.54, 1.807) is 42.5 Å². The minimum atomic E-state index is -3.47. The number of hydrogen-bond donors (Lipinski definition) is 1. The summed E-state index contributed by atoms with van der Waals surface area (Å²) in [7, 11) is -1.97. The molecule has 0 radical (unpaired) electrons. The third kappa shape index (κ3) is 4.47. The van der Waals surface area contributed by atoms with Gasteiger partial charge in [0.15, 0.2) is 9.84 Å². The Kier molecular flexibility index (Phi) is 5.45. The van der Waals surface area contributed by atoms with Crippen LogP contribution in [0.5, 0.6) is 5.75 Å². The number of aliphatic hydroxyl groups is 1. The summed E-state index contributed by atoms with van der Waals surface area (Å²) in [6, 6.07) is 13.6. The number of methoxy groups -OCH3 is 1. The lowest BCUT2D eigenvalue weighted by Crippen LogP contribution is -2.16. The fraction of sp³-hybridized carbons (Fsp3) is 0.250. The molecule has 0 aliphatic rings. The van der Waals surface area contributed by atoms with Gasteiger partial charge in [0.05, 0.1) is 29.7 Å². The lowest BCUT2D eigenvalue weighted by molar-refractivity contribution is 0.201. The lowest BCUT2D eigenvalue weighted by Gasteiger charge is -2.12. The summed E-state index contributed by atoms with van der Waals surface area (Å²) in [6.07, 6.45) is -1.04. The number of rotatable bonds is 6. The van der Waals surface area contributed by atoms with E-state index in [0.717, 1.165) is 0 Å². The zero-order valence-corrected chi connectivity index (χ0v) is 13.6. The molecule has 6 heteroatoms. The molecule has 0 fully saturated rings. The molecule has 0 bridgehead atoms. The largest absolute Gasteiger partial charge is 0.495 e. The minimum Gasteiger partial charge on any atom is -0.495 e. The van der Waals surface area contributed by atoms with Gasteiger partial charge in [0.25, 0.3) is 0 Å². The van der Waals surface area contributed by atoms with Crippen molar-refractivity contribution in [2.24, 2.45) is 0 Å². The maximum absolute atomic E-state index is 12.2. The molecule has 0 spiro atoms. The molecule has 2 aromatic rings. The van der Waals surface area contributed by atoms with E-state index >= 15 is 0 Å². The first-order valence-corrected chi connectivity index (χ1v) is 8.87. The Morgan fingerprint density at radius 2 is 1.86 bits per heavy atom. The Morgan fingerprint density at radius 1 is 1.18 bits per heavy atom. The van der Waals surface area contributed by atoms with Gasteiger partial charge in [0, 0.05) is 0 Å². The van der Waals surface area contributed by atoms with Gasteiger partial charge >= 0.3 is 0 Å². The highest BCUT2D eigenvalue weighted by atomic mass is 35.5. The van der Waals surface area contributed by atoms with Gasteiger partial charge in [-0.15, -0.1) is 0 Å². The minimum absolute atomic E-state index is 0.180. The third-order valence-corrected chi connectivity index (χ3v) is 5.09. The number of sulfone groups is 1. The number of ether oxygens (including phenoxy) is 1. The van der Waals surface area contributed by atoms with Crippen LogP contribution in [0.2, 0.25) is 5.02 Å². The lowest BCUT2D eigenvalue weighted by atomic mass is 10.1. The first-order valence-electron chi connectivity index (χ1n) is 6.67. The Bertz CT molecular complexity index is 729. The molecule has 118 valence electrons. The molecular formula is C16H17ClO4S. The van der Waals surface area contributed by atoms with Crippen LogP contribution in [0.4, 0.5) is 0 Å². The second kappa shape index (κ2) is 7.13. The molecule has 0 aliphatic carbocycles. The van der Waals surface area contributed by atoms with E-state index in [9.17, 15) is 13.5 Å². The van der Waals surface area contributed by atoms with Crippen LogP contribution in [0.3, 0.4) is 0 Å². The summed E-state index contributed by atoms with van der Waals surface area (Å²) in [4.78, 5) is 0. The molecule has 4 nitrogen and oxygen atoms in total. The molecule has 1 N–H and O–H groups in total. The van der Waals surface area contributed by atoms with E-state index in [1.165, 1.54) is 7.11 Å². The van der Waals surface area contributed by atoms with Crippen molar-refractivity contribution >= 4 is 21.4 Å². The van der Waals surface area contributed by atoms with Crippen molar-refractivity contribution in [1.29, 1.82) is 0 Å². The number of hydrogen-bond acceptors (Lipinski definition) is 4. The van der Waals surface area contributed by atoms with Crippen molar-refractivity contribution in [2.75, 3.05) is 12.9 Å². The second-order valence-corrected chi connectivity index (χ2v) is 7.47. The van der Waals surface area contributed by atoms with Crippen molar-refractivity contribution in [3.05, 3.63) is 64.7 Å². The van der Waals surface area contributed by atoms with E-state index in [2.05, 4.69) is 0 Å². The van der Waals surface area contributed by atoms with Gasteiger partial charge in [-0.25, -0.2) is 8.42 Å². The Morgan fingerprint density at radius 3 is 2.45 bits per heavy atom. The van der Waals surface area contributed by atoms with Gasteiger partial charge in [-0.2, -0.15) is 0 Å². The van der Waals surface area contributed by atoms with Crippen LogP contribution in [-0.2, 0) is 15.6 Å².